The van der Waals surface area contributed by atoms with Gasteiger partial charge in [-0.1, -0.05) is 0 Å². The number of hydrogen-bond donors (Lipinski definition) is 1. The lowest BCUT2D eigenvalue weighted by molar-refractivity contribution is 0.0709. The fourth-order valence-electron chi connectivity index (χ4n) is 4.86. The maximum atomic E-state index is 15.5. The third-order valence-corrected chi connectivity index (χ3v) is 6.76. The predicted molar refractivity (Wildman–Crippen MR) is 134 cm³/mol. The van der Waals surface area contributed by atoms with Crippen LogP contribution in [0.5, 0.6) is 17.2 Å². The summed E-state index contributed by atoms with van der Waals surface area (Å²) < 4.78 is 34.9. The van der Waals surface area contributed by atoms with Crippen LogP contribution in [0.1, 0.15) is 5.56 Å². The van der Waals surface area contributed by atoms with Crippen LogP contribution >= 0.6 is 0 Å². The van der Waals surface area contributed by atoms with Gasteiger partial charge in [0.05, 0.1) is 41.5 Å². The molecule has 2 aromatic carbocycles. The topological polar surface area (TPSA) is 98.9 Å². The minimum Gasteiger partial charge on any atom is -0.488 e. The lowest BCUT2D eigenvalue weighted by atomic mass is 10.1. The van der Waals surface area contributed by atoms with Crippen LogP contribution in [0.15, 0.2) is 55.2 Å². The standard InChI is InChI=1S/C26H22FN7O3/c1-15-21(37-17-6-7-34-22(10-17)29-14-31-34)5-3-19(24(15)27)32-26-23-18(28-13-30-26)2-4-20-25(23)36-12-16-11-35-9-8-33(16)20/h2-7,10,13-14,16H,8-9,11-12H2,1H3,(H,28,30,32). The van der Waals surface area contributed by atoms with Gasteiger partial charge in [0.2, 0.25) is 0 Å². The molecule has 5 heterocycles. The number of aromatic nitrogens is 5. The lowest BCUT2D eigenvalue weighted by Gasteiger charge is -2.41. The van der Waals surface area contributed by atoms with Crippen LogP contribution in [0.4, 0.5) is 21.6 Å². The molecule has 186 valence electrons. The van der Waals surface area contributed by atoms with Crippen LogP contribution in [0.25, 0.3) is 16.6 Å². The number of morpholine rings is 1. The van der Waals surface area contributed by atoms with Gasteiger partial charge in [0, 0.05) is 24.4 Å². The molecule has 5 aromatic rings. The van der Waals surface area contributed by atoms with Gasteiger partial charge in [-0.15, -0.1) is 0 Å². The Bertz CT molecular complexity index is 1660. The van der Waals surface area contributed by atoms with E-state index in [1.165, 1.54) is 12.7 Å². The van der Waals surface area contributed by atoms with E-state index < -0.39 is 5.82 Å². The van der Waals surface area contributed by atoms with Crippen LogP contribution < -0.4 is 19.7 Å². The molecule has 0 amide bonds. The van der Waals surface area contributed by atoms with Crippen LogP contribution in [0, 0.1) is 12.7 Å². The summed E-state index contributed by atoms with van der Waals surface area (Å²) in [5.74, 6) is 1.67. The Balaban J connectivity index is 1.23. The van der Waals surface area contributed by atoms with Crippen molar-refractivity contribution in [2.75, 3.05) is 36.6 Å². The Kier molecular flexibility index (Phi) is 5.03. The van der Waals surface area contributed by atoms with E-state index in [0.717, 1.165) is 12.2 Å². The maximum absolute atomic E-state index is 15.5. The molecule has 0 spiro atoms. The van der Waals surface area contributed by atoms with Crippen molar-refractivity contribution in [2.24, 2.45) is 0 Å². The molecule has 1 N–H and O–H groups in total. The SMILES string of the molecule is Cc1c(Oc2ccn3ncnc3c2)ccc(Nc2ncnc3ccc4c(c23)OCC2COCCN42)c1F. The summed E-state index contributed by atoms with van der Waals surface area (Å²) in [4.78, 5) is 15.3. The molecule has 2 aliphatic rings. The van der Waals surface area contributed by atoms with E-state index in [4.69, 9.17) is 14.2 Å². The molecule has 0 radical (unpaired) electrons. The normalized spacial score (nSPS) is 16.8. The molecule has 10 nitrogen and oxygen atoms in total. The number of pyridine rings is 1. The Morgan fingerprint density at radius 1 is 1.08 bits per heavy atom. The summed E-state index contributed by atoms with van der Waals surface area (Å²) in [7, 11) is 0. The minimum atomic E-state index is -0.438. The maximum Gasteiger partial charge on any atom is 0.158 e. The first-order chi connectivity index (χ1) is 18.2. The van der Waals surface area contributed by atoms with Crippen molar-refractivity contribution in [1.29, 1.82) is 0 Å². The monoisotopic (exact) mass is 499 g/mol. The molecule has 0 aliphatic carbocycles. The summed E-state index contributed by atoms with van der Waals surface area (Å²) in [5, 5.41) is 7.95. The van der Waals surface area contributed by atoms with Gasteiger partial charge in [0.15, 0.2) is 17.2 Å². The van der Waals surface area contributed by atoms with E-state index in [0.29, 0.717) is 65.0 Å². The number of anilines is 3. The van der Waals surface area contributed by atoms with Crippen LogP contribution in [-0.4, -0.2) is 57.0 Å². The first-order valence-electron chi connectivity index (χ1n) is 11.9. The van der Waals surface area contributed by atoms with Gasteiger partial charge in [-0.05, 0) is 37.3 Å². The number of ether oxygens (including phenoxy) is 3. The van der Waals surface area contributed by atoms with Crippen molar-refractivity contribution in [2.45, 2.75) is 13.0 Å². The Labute approximate surface area is 210 Å². The molecule has 11 heteroatoms. The van der Waals surface area contributed by atoms with Gasteiger partial charge >= 0.3 is 0 Å². The lowest BCUT2D eigenvalue weighted by Crippen LogP contribution is -2.51. The second-order valence-corrected chi connectivity index (χ2v) is 8.97. The van der Waals surface area contributed by atoms with E-state index in [1.807, 2.05) is 12.1 Å². The van der Waals surface area contributed by atoms with Crippen LogP contribution in [-0.2, 0) is 4.74 Å². The quantitative estimate of drug-likeness (QED) is 0.389. The third kappa shape index (κ3) is 3.66. The highest BCUT2D eigenvalue weighted by Crippen LogP contribution is 2.43. The van der Waals surface area contributed by atoms with Gasteiger partial charge in [0.25, 0.3) is 0 Å². The average molecular weight is 500 g/mol. The van der Waals surface area contributed by atoms with Gasteiger partial charge in [-0.2, -0.15) is 5.10 Å². The Morgan fingerprint density at radius 3 is 2.97 bits per heavy atom. The molecule has 1 unspecified atom stereocenters. The van der Waals surface area contributed by atoms with Crippen molar-refractivity contribution in [3.63, 3.8) is 0 Å². The average Bonchev–Trinajstić information content (AvgIpc) is 3.40. The number of rotatable bonds is 4. The summed E-state index contributed by atoms with van der Waals surface area (Å²) in [6, 6.07) is 11.0. The highest BCUT2D eigenvalue weighted by atomic mass is 19.1. The molecule has 3 aromatic heterocycles. The summed E-state index contributed by atoms with van der Waals surface area (Å²) in [6.07, 6.45) is 4.66. The zero-order chi connectivity index (χ0) is 24.9. The molecule has 0 saturated carbocycles. The summed E-state index contributed by atoms with van der Waals surface area (Å²) in [6.45, 7) is 4.24. The van der Waals surface area contributed by atoms with Crippen molar-refractivity contribution >= 4 is 33.7 Å². The second-order valence-electron chi connectivity index (χ2n) is 8.97. The largest absolute Gasteiger partial charge is 0.488 e. The number of benzene rings is 2. The Hall–Kier alpha value is -4.51. The highest BCUT2D eigenvalue weighted by Gasteiger charge is 2.32. The fourth-order valence-corrected chi connectivity index (χ4v) is 4.86. The van der Waals surface area contributed by atoms with E-state index >= 15 is 4.39 Å². The smallest absolute Gasteiger partial charge is 0.158 e. The molecule has 1 atom stereocenters. The van der Waals surface area contributed by atoms with E-state index in [-0.39, 0.29) is 11.7 Å². The number of nitrogens with one attached hydrogen (secondary N) is 1. The third-order valence-electron chi connectivity index (χ3n) is 6.76. The van der Waals surface area contributed by atoms with Crippen molar-refractivity contribution < 1.29 is 18.6 Å². The molecule has 1 fully saturated rings. The van der Waals surface area contributed by atoms with Gasteiger partial charge in [0.1, 0.15) is 36.6 Å². The highest BCUT2D eigenvalue weighted by molar-refractivity contribution is 6.00. The zero-order valence-corrected chi connectivity index (χ0v) is 19.9. The van der Waals surface area contributed by atoms with Crippen molar-refractivity contribution in [3.8, 4) is 17.2 Å². The molecular weight excluding hydrogens is 477 g/mol. The van der Waals surface area contributed by atoms with Crippen LogP contribution in [0.3, 0.4) is 0 Å². The predicted octanol–water partition coefficient (Wildman–Crippen LogP) is 4.25. The molecule has 37 heavy (non-hydrogen) atoms. The van der Waals surface area contributed by atoms with Crippen molar-refractivity contribution in [3.05, 3.63) is 66.6 Å². The molecule has 0 bridgehead atoms. The Morgan fingerprint density at radius 2 is 2.03 bits per heavy atom. The number of fused-ring (bicyclic) bond motifs is 6. The van der Waals surface area contributed by atoms with E-state index in [2.05, 4.69) is 30.3 Å². The molecule has 1 saturated heterocycles. The first-order valence-corrected chi connectivity index (χ1v) is 11.9. The van der Waals surface area contributed by atoms with Gasteiger partial charge < -0.3 is 24.4 Å². The van der Waals surface area contributed by atoms with E-state index in [1.54, 1.807) is 41.9 Å². The van der Waals surface area contributed by atoms with Gasteiger partial charge in [-0.25, -0.2) is 23.9 Å². The molecular formula is C26H22FN7O3. The second kappa shape index (κ2) is 8.56. The minimum absolute atomic E-state index is 0.165. The number of halogens is 1. The number of nitrogens with zero attached hydrogens (tertiary/aromatic N) is 6. The first kappa shape index (κ1) is 21.7. The zero-order valence-electron chi connectivity index (χ0n) is 19.9. The number of hydrogen-bond acceptors (Lipinski definition) is 9. The molecule has 2 aliphatic heterocycles. The van der Waals surface area contributed by atoms with Crippen LogP contribution in [0.2, 0.25) is 0 Å². The summed E-state index contributed by atoms with van der Waals surface area (Å²) in [5.41, 5.74) is 2.95. The molecule has 7 rings (SSSR count). The summed E-state index contributed by atoms with van der Waals surface area (Å²) >= 11 is 0. The fraction of sp³-hybridized carbons (Fsp3) is 0.231. The van der Waals surface area contributed by atoms with E-state index in [9.17, 15) is 0 Å². The van der Waals surface area contributed by atoms with Crippen molar-refractivity contribution in [1.82, 2.24) is 24.6 Å². The van der Waals surface area contributed by atoms with Gasteiger partial charge in [-0.3, -0.25) is 0 Å².